The summed E-state index contributed by atoms with van der Waals surface area (Å²) in [6.45, 7) is 2.44. The van der Waals surface area contributed by atoms with Gasteiger partial charge in [-0.2, -0.15) is 0 Å². The molecule has 2 fully saturated rings. The van der Waals surface area contributed by atoms with E-state index in [0.717, 1.165) is 17.0 Å². The zero-order valence-corrected chi connectivity index (χ0v) is 12.8. The summed E-state index contributed by atoms with van der Waals surface area (Å²) in [6, 6.07) is 2.18. The predicted molar refractivity (Wildman–Crippen MR) is 82.9 cm³/mol. The summed E-state index contributed by atoms with van der Waals surface area (Å²) in [5.74, 6) is 0. The summed E-state index contributed by atoms with van der Waals surface area (Å²) in [7, 11) is 0. The number of halogens is 1. The van der Waals surface area contributed by atoms with Crippen molar-refractivity contribution in [3.63, 3.8) is 0 Å². The molecule has 3 nitrogen and oxygen atoms in total. The van der Waals surface area contributed by atoms with Gasteiger partial charge in [0.15, 0.2) is 0 Å². The van der Waals surface area contributed by atoms with E-state index in [1.807, 2.05) is 12.3 Å². The molecule has 1 unspecified atom stereocenters. The molecule has 1 saturated carbocycles. The highest BCUT2D eigenvalue weighted by Gasteiger charge is 2.45. The molecule has 1 saturated heterocycles. The van der Waals surface area contributed by atoms with Crippen molar-refractivity contribution in [1.82, 2.24) is 9.88 Å². The van der Waals surface area contributed by atoms with Crippen LogP contribution in [-0.2, 0) is 6.42 Å². The first-order valence-electron chi connectivity index (χ1n) is 7.81. The third kappa shape index (κ3) is 2.59. The Morgan fingerprint density at radius 2 is 1.95 bits per heavy atom. The van der Waals surface area contributed by atoms with Crippen molar-refractivity contribution in [3.05, 3.63) is 29.0 Å². The maximum atomic E-state index is 6.67. The van der Waals surface area contributed by atoms with Gasteiger partial charge >= 0.3 is 0 Å². The third-order valence-electron chi connectivity index (χ3n) is 5.19. The number of nitrogens with two attached hydrogens (primary N) is 1. The fraction of sp³-hybridized carbons (Fsp3) is 0.688. The lowest BCUT2D eigenvalue weighted by Gasteiger charge is -2.43. The van der Waals surface area contributed by atoms with Crippen LogP contribution < -0.4 is 5.73 Å². The minimum absolute atomic E-state index is 0.169. The monoisotopic (exact) mass is 293 g/mol. The van der Waals surface area contributed by atoms with Crippen LogP contribution in [0.2, 0.25) is 5.02 Å². The van der Waals surface area contributed by atoms with E-state index in [1.54, 1.807) is 6.20 Å². The molecular weight excluding hydrogens is 270 g/mol. The highest BCUT2D eigenvalue weighted by Crippen LogP contribution is 2.40. The number of pyridine rings is 1. The van der Waals surface area contributed by atoms with Gasteiger partial charge in [0, 0.05) is 24.0 Å². The SMILES string of the molecule is NC(Cc1ccncc1Cl)C1(N2CCCC2)CCCC1. The summed E-state index contributed by atoms with van der Waals surface area (Å²) >= 11 is 6.25. The number of nitrogens with zero attached hydrogens (tertiary/aromatic N) is 2. The van der Waals surface area contributed by atoms with Crippen LogP contribution in [0.5, 0.6) is 0 Å². The number of rotatable bonds is 4. The van der Waals surface area contributed by atoms with Gasteiger partial charge in [-0.05, 0) is 56.8 Å². The number of hydrogen-bond donors (Lipinski definition) is 1. The van der Waals surface area contributed by atoms with Gasteiger partial charge in [0.1, 0.15) is 0 Å². The molecule has 2 aliphatic rings. The average molecular weight is 294 g/mol. The molecule has 20 heavy (non-hydrogen) atoms. The van der Waals surface area contributed by atoms with Crippen LogP contribution in [0.1, 0.15) is 44.1 Å². The lowest BCUT2D eigenvalue weighted by Crippen LogP contribution is -2.58. The van der Waals surface area contributed by atoms with E-state index in [-0.39, 0.29) is 11.6 Å². The van der Waals surface area contributed by atoms with Crippen molar-refractivity contribution >= 4 is 11.6 Å². The molecule has 3 rings (SSSR count). The molecular formula is C16H24ClN3. The Morgan fingerprint density at radius 3 is 2.60 bits per heavy atom. The minimum atomic E-state index is 0.169. The first kappa shape index (κ1) is 14.3. The van der Waals surface area contributed by atoms with Gasteiger partial charge in [-0.25, -0.2) is 0 Å². The summed E-state index contributed by atoms with van der Waals surface area (Å²) in [5, 5.41) is 0.748. The molecule has 0 radical (unpaired) electrons. The molecule has 0 aromatic carbocycles. The van der Waals surface area contributed by atoms with Gasteiger partial charge in [0.05, 0.1) is 5.02 Å². The first-order valence-corrected chi connectivity index (χ1v) is 8.19. The Kier molecular flexibility index (Phi) is 4.29. The van der Waals surface area contributed by atoms with E-state index in [9.17, 15) is 0 Å². The van der Waals surface area contributed by atoms with Crippen LogP contribution in [0.15, 0.2) is 18.5 Å². The maximum absolute atomic E-state index is 6.67. The quantitative estimate of drug-likeness (QED) is 0.928. The van der Waals surface area contributed by atoms with Gasteiger partial charge in [0.25, 0.3) is 0 Å². The molecule has 1 atom stereocenters. The largest absolute Gasteiger partial charge is 0.326 e. The second-order valence-corrected chi connectivity index (χ2v) is 6.69. The zero-order chi connectivity index (χ0) is 14.0. The van der Waals surface area contributed by atoms with E-state index in [2.05, 4.69) is 9.88 Å². The highest BCUT2D eigenvalue weighted by atomic mass is 35.5. The van der Waals surface area contributed by atoms with Crippen LogP contribution in [0.25, 0.3) is 0 Å². The standard InChI is InChI=1S/C16H24ClN3/c17-14-12-19-8-5-13(14)11-15(18)16(6-1-2-7-16)20-9-3-4-10-20/h5,8,12,15H,1-4,6-7,9-11,18H2. The fourth-order valence-corrected chi connectivity index (χ4v) is 4.26. The maximum Gasteiger partial charge on any atom is 0.0621 e. The van der Waals surface area contributed by atoms with Crippen LogP contribution in [-0.4, -0.2) is 34.6 Å². The van der Waals surface area contributed by atoms with Crippen molar-refractivity contribution in [1.29, 1.82) is 0 Å². The van der Waals surface area contributed by atoms with E-state index < -0.39 is 0 Å². The smallest absolute Gasteiger partial charge is 0.0621 e. The summed E-state index contributed by atoms with van der Waals surface area (Å²) < 4.78 is 0. The second kappa shape index (κ2) is 6.00. The van der Waals surface area contributed by atoms with Crippen LogP contribution >= 0.6 is 11.6 Å². The highest BCUT2D eigenvalue weighted by molar-refractivity contribution is 6.31. The zero-order valence-electron chi connectivity index (χ0n) is 12.0. The van der Waals surface area contributed by atoms with E-state index in [0.29, 0.717) is 0 Å². The molecule has 1 aliphatic carbocycles. The van der Waals surface area contributed by atoms with Crippen LogP contribution in [0.3, 0.4) is 0 Å². The van der Waals surface area contributed by atoms with Crippen molar-refractivity contribution < 1.29 is 0 Å². The van der Waals surface area contributed by atoms with Gasteiger partial charge in [0.2, 0.25) is 0 Å². The Balaban J connectivity index is 1.79. The van der Waals surface area contributed by atoms with Crippen molar-refractivity contribution in [3.8, 4) is 0 Å². The van der Waals surface area contributed by atoms with Gasteiger partial charge in [-0.15, -0.1) is 0 Å². The normalized spacial score (nSPS) is 24.1. The van der Waals surface area contributed by atoms with Crippen molar-refractivity contribution in [2.75, 3.05) is 13.1 Å². The van der Waals surface area contributed by atoms with E-state index in [4.69, 9.17) is 17.3 Å². The van der Waals surface area contributed by atoms with Crippen molar-refractivity contribution in [2.24, 2.45) is 5.73 Å². The Hall–Kier alpha value is -0.640. The molecule has 0 bridgehead atoms. The topological polar surface area (TPSA) is 42.1 Å². The number of hydrogen-bond acceptors (Lipinski definition) is 3. The predicted octanol–water partition coefficient (Wildman–Crippen LogP) is 3.01. The Morgan fingerprint density at radius 1 is 1.25 bits per heavy atom. The Labute approximate surface area is 126 Å². The minimum Gasteiger partial charge on any atom is -0.326 e. The first-order chi connectivity index (χ1) is 9.72. The fourth-order valence-electron chi connectivity index (χ4n) is 4.07. The molecule has 2 heterocycles. The summed E-state index contributed by atoms with van der Waals surface area (Å²) in [4.78, 5) is 6.73. The molecule has 0 spiro atoms. The van der Waals surface area contributed by atoms with Gasteiger partial charge < -0.3 is 5.73 Å². The molecule has 1 aromatic rings. The van der Waals surface area contributed by atoms with Crippen LogP contribution in [0, 0.1) is 0 Å². The molecule has 4 heteroatoms. The second-order valence-electron chi connectivity index (χ2n) is 6.28. The third-order valence-corrected chi connectivity index (χ3v) is 5.53. The molecule has 2 N–H and O–H groups in total. The van der Waals surface area contributed by atoms with Crippen LogP contribution in [0.4, 0.5) is 0 Å². The summed E-state index contributed by atoms with van der Waals surface area (Å²) in [6.07, 6.45) is 12.2. The van der Waals surface area contributed by atoms with E-state index in [1.165, 1.54) is 51.6 Å². The van der Waals surface area contributed by atoms with E-state index >= 15 is 0 Å². The lowest BCUT2D eigenvalue weighted by molar-refractivity contribution is 0.0921. The number of likely N-dealkylation sites (tertiary alicyclic amines) is 1. The van der Waals surface area contributed by atoms with Crippen molar-refractivity contribution in [2.45, 2.75) is 56.5 Å². The molecule has 0 amide bonds. The summed E-state index contributed by atoms with van der Waals surface area (Å²) in [5.41, 5.74) is 8.02. The Bertz CT molecular complexity index is 451. The van der Waals surface area contributed by atoms with Gasteiger partial charge in [-0.3, -0.25) is 9.88 Å². The molecule has 1 aromatic heterocycles. The molecule has 1 aliphatic heterocycles. The van der Waals surface area contributed by atoms with Gasteiger partial charge in [-0.1, -0.05) is 24.4 Å². The lowest BCUT2D eigenvalue weighted by atomic mass is 9.83. The average Bonchev–Trinajstić information content (AvgIpc) is 3.12. The number of aromatic nitrogens is 1. The molecule has 110 valence electrons.